The normalized spacial score (nSPS) is 13.2. The van der Waals surface area contributed by atoms with Crippen molar-refractivity contribution in [1.82, 2.24) is 9.97 Å². The summed E-state index contributed by atoms with van der Waals surface area (Å²) in [6, 6.07) is 5.60. The minimum atomic E-state index is -1.14. The molecule has 0 radical (unpaired) electrons. The third-order valence-electron chi connectivity index (χ3n) is 3.06. The Morgan fingerprint density at radius 2 is 1.67 bits per heavy atom. The van der Waals surface area contributed by atoms with Crippen molar-refractivity contribution in [3.05, 3.63) is 76.6 Å². The fourth-order valence-corrected chi connectivity index (χ4v) is 3.19. The molecule has 1 aromatic carbocycles. The number of halogens is 2. The zero-order valence-electron chi connectivity index (χ0n) is 11.6. The second-order valence-corrected chi connectivity index (χ2v) is 6.56. The fraction of sp³-hybridized carbons (Fsp3) is 0.167. The molecule has 126 valence electrons. The van der Waals surface area contributed by atoms with Crippen molar-refractivity contribution in [2.45, 2.75) is 9.65 Å². The monoisotopic (exact) mass is 462 g/mol. The lowest BCUT2D eigenvalue weighted by Gasteiger charge is -2.16. The van der Waals surface area contributed by atoms with Crippen LogP contribution in [0.15, 0.2) is 33.9 Å². The Morgan fingerprint density at radius 3 is 2.25 bits per heavy atom. The fourth-order valence-electron chi connectivity index (χ4n) is 2.00. The van der Waals surface area contributed by atoms with Crippen LogP contribution in [0.4, 0.5) is 11.4 Å². The molecule has 2 aromatic rings. The van der Waals surface area contributed by atoms with Crippen LogP contribution >= 0.6 is 31.9 Å². The van der Waals surface area contributed by atoms with E-state index in [1.54, 1.807) is 11.1 Å². The maximum atomic E-state index is 11.7. The summed E-state index contributed by atoms with van der Waals surface area (Å²) in [5, 5.41) is 21.9. The van der Waals surface area contributed by atoms with E-state index >= 15 is 0 Å². The van der Waals surface area contributed by atoms with Crippen LogP contribution in [0, 0.1) is 20.2 Å². The van der Waals surface area contributed by atoms with Crippen molar-refractivity contribution in [2.75, 3.05) is 0 Å². The van der Waals surface area contributed by atoms with Crippen LogP contribution < -0.4 is 11.2 Å². The zero-order valence-corrected chi connectivity index (χ0v) is 14.7. The molecule has 0 aliphatic carbocycles. The third-order valence-corrected chi connectivity index (χ3v) is 5.81. The summed E-state index contributed by atoms with van der Waals surface area (Å²) in [6.07, 6.45) is 0. The molecule has 0 aliphatic heterocycles. The Balaban J connectivity index is 2.52. The smallest absolute Gasteiger partial charge is 0.304 e. The second-order valence-electron chi connectivity index (χ2n) is 4.58. The summed E-state index contributed by atoms with van der Waals surface area (Å²) < 4.78 is 0. The van der Waals surface area contributed by atoms with Gasteiger partial charge in [-0.2, -0.15) is 0 Å². The predicted molar refractivity (Wildman–Crippen MR) is 90.8 cm³/mol. The first-order valence-corrected chi connectivity index (χ1v) is 8.09. The van der Waals surface area contributed by atoms with Crippen molar-refractivity contribution < 1.29 is 9.85 Å². The molecule has 0 saturated heterocycles. The number of hydrogen-bond donors (Lipinski definition) is 2. The molecular formula is C12H8Br2N4O6. The first-order valence-electron chi connectivity index (χ1n) is 6.25. The number of nitro benzene ring substituents is 1. The lowest BCUT2D eigenvalue weighted by molar-refractivity contribution is -0.387. The summed E-state index contributed by atoms with van der Waals surface area (Å²) in [5.41, 5.74) is -2.83. The number of nitro groups is 2. The van der Waals surface area contributed by atoms with E-state index < -0.39 is 36.4 Å². The average Bonchev–Trinajstić information content (AvgIpc) is 2.52. The number of benzene rings is 1. The molecule has 1 heterocycles. The largest absolute Gasteiger partial charge is 0.354 e. The van der Waals surface area contributed by atoms with Gasteiger partial charge in [-0.15, -0.1) is 0 Å². The maximum absolute atomic E-state index is 11.7. The van der Waals surface area contributed by atoms with E-state index in [-0.39, 0.29) is 11.4 Å². The van der Waals surface area contributed by atoms with Gasteiger partial charge in [0.15, 0.2) is 0 Å². The molecular weight excluding hydrogens is 456 g/mol. The van der Waals surface area contributed by atoms with Gasteiger partial charge >= 0.3 is 16.9 Å². The van der Waals surface area contributed by atoms with Crippen LogP contribution in [0.3, 0.4) is 0 Å². The standard InChI is InChI=1S/C12H8Br2N4O6/c13-7(5-2-1-3-6(4-5)17(21)22)8(14)9-10(18(23)24)11(19)16-12(20)15-9/h1-4,7-8H,(H2,15,16,19,20)/t7-,8+/m0/s1. The van der Waals surface area contributed by atoms with Gasteiger partial charge in [0.05, 0.1) is 19.5 Å². The summed E-state index contributed by atoms with van der Waals surface area (Å²) in [6.45, 7) is 0. The first-order chi connectivity index (χ1) is 11.2. The number of non-ortho nitro benzene ring substituents is 1. The van der Waals surface area contributed by atoms with Gasteiger partial charge in [-0.25, -0.2) is 4.79 Å². The van der Waals surface area contributed by atoms with Crippen LogP contribution in [0.25, 0.3) is 0 Å². The lowest BCUT2D eigenvalue weighted by Crippen LogP contribution is -2.27. The Labute approximate surface area is 149 Å². The molecule has 0 spiro atoms. The summed E-state index contributed by atoms with van der Waals surface area (Å²) >= 11 is 6.47. The van der Waals surface area contributed by atoms with Crippen LogP contribution in [-0.4, -0.2) is 19.8 Å². The van der Waals surface area contributed by atoms with E-state index in [0.717, 1.165) is 0 Å². The SMILES string of the molecule is O=c1[nH]c([C@H](Br)[C@@H](Br)c2cccc([N+](=O)[O-])c2)c([N+](=O)[O-])c(=O)[nH]1. The molecule has 1 aromatic heterocycles. The topological polar surface area (TPSA) is 152 Å². The van der Waals surface area contributed by atoms with Gasteiger partial charge in [-0.3, -0.25) is 30.0 Å². The molecule has 2 atom stereocenters. The number of nitrogens with zero attached hydrogens (tertiary/aromatic N) is 2. The van der Waals surface area contributed by atoms with Gasteiger partial charge in [0.2, 0.25) is 0 Å². The molecule has 2 rings (SSSR count). The number of hydrogen-bond acceptors (Lipinski definition) is 6. The van der Waals surface area contributed by atoms with Crippen LogP contribution in [0.5, 0.6) is 0 Å². The lowest BCUT2D eigenvalue weighted by atomic mass is 10.1. The highest BCUT2D eigenvalue weighted by Crippen LogP contribution is 2.43. The zero-order chi connectivity index (χ0) is 18.0. The second kappa shape index (κ2) is 7.05. The minimum absolute atomic E-state index is 0.162. The van der Waals surface area contributed by atoms with Gasteiger partial charge in [0, 0.05) is 12.1 Å². The van der Waals surface area contributed by atoms with Crippen molar-refractivity contribution >= 4 is 43.2 Å². The van der Waals surface area contributed by atoms with Crippen molar-refractivity contribution in [1.29, 1.82) is 0 Å². The van der Waals surface area contributed by atoms with E-state index in [2.05, 4.69) is 36.8 Å². The first kappa shape index (κ1) is 18.0. The predicted octanol–water partition coefficient (Wildman–Crippen LogP) is 2.45. The molecule has 0 unspecified atom stereocenters. The number of aromatic amines is 2. The number of aromatic nitrogens is 2. The van der Waals surface area contributed by atoms with Gasteiger partial charge in [-0.1, -0.05) is 44.0 Å². The molecule has 0 bridgehead atoms. The van der Waals surface area contributed by atoms with E-state index in [1.807, 2.05) is 0 Å². The Morgan fingerprint density at radius 1 is 1.00 bits per heavy atom. The van der Waals surface area contributed by atoms with E-state index in [9.17, 15) is 29.8 Å². The van der Waals surface area contributed by atoms with Crippen LogP contribution in [0.1, 0.15) is 20.9 Å². The molecule has 10 nitrogen and oxygen atoms in total. The number of rotatable bonds is 5. The Hall–Kier alpha value is -2.34. The van der Waals surface area contributed by atoms with Gasteiger partial charge in [-0.05, 0) is 5.56 Å². The number of H-pyrrole nitrogens is 2. The van der Waals surface area contributed by atoms with Crippen LogP contribution in [-0.2, 0) is 0 Å². The highest BCUT2D eigenvalue weighted by Gasteiger charge is 2.31. The van der Waals surface area contributed by atoms with Crippen molar-refractivity contribution in [3.63, 3.8) is 0 Å². The number of nitrogens with one attached hydrogen (secondary N) is 2. The van der Waals surface area contributed by atoms with Crippen LogP contribution in [0.2, 0.25) is 0 Å². The molecule has 0 amide bonds. The Bertz CT molecular complexity index is 924. The van der Waals surface area contributed by atoms with Gasteiger partial charge in [0.1, 0.15) is 5.69 Å². The molecule has 24 heavy (non-hydrogen) atoms. The number of alkyl halides is 2. The van der Waals surface area contributed by atoms with Crippen molar-refractivity contribution in [2.24, 2.45) is 0 Å². The molecule has 0 fully saturated rings. The summed E-state index contributed by atoms with van der Waals surface area (Å²) in [7, 11) is 0. The maximum Gasteiger partial charge on any atom is 0.354 e. The van der Waals surface area contributed by atoms with Gasteiger partial charge in [0.25, 0.3) is 5.69 Å². The molecule has 12 heteroatoms. The summed E-state index contributed by atoms with van der Waals surface area (Å²) in [4.78, 5) is 46.0. The molecule has 0 aliphatic rings. The Kier molecular flexibility index (Phi) is 5.29. The minimum Gasteiger partial charge on any atom is -0.304 e. The highest BCUT2D eigenvalue weighted by atomic mass is 79.9. The van der Waals surface area contributed by atoms with Crippen molar-refractivity contribution in [3.8, 4) is 0 Å². The third kappa shape index (κ3) is 3.59. The summed E-state index contributed by atoms with van der Waals surface area (Å²) in [5.74, 6) is 0. The average molecular weight is 464 g/mol. The van der Waals surface area contributed by atoms with E-state index in [0.29, 0.717) is 5.56 Å². The van der Waals surface area contributed by atoms with E-state index in [1.165, 1.54) is 18.2 Å². The molecule has 0 saturated carbocycles. The van der Waals surface area contributed by atoms with Gasteiger partial charge < -0.3 is 4.98 Å². The van der Waals surface area contributed by atoms with E-state index in [4.69, 9.17) is 0 Å². The highest BCUT2D eigenvalue weighted by molar-refractivity contribution is 9.12. The molecule has 2 N–H and O–H groups in total. The quantitative estimate of drug-likeness (QED) is 0.394.